The largest absolute Gasteiger partial charge is 0.363 e. The van der Waals surface area contributed by atoms with Crippen molar-refractivity contribution in [2.75, 3.05) is 26.7 Å². The molecular weight excluding hydrogens is 292 g/mol. The van der Waals surface area contributed by atoms with E-state index in [9.17, 15) is 13.2 Å². The Kier molecular flexibility index (Phi) is 4.36. The molecule has 1 fully saturated rings. The quantitative estimate of drug-likeness (QED) is 0.883. The molecule has 0 unspecified atom stereocenters. The van der Waals surface area contributed by atoms with Crippen LogP contribution in [-0.2, 0) is 19.6 Å². The molecule has 7 heteroatoms. The SMILES string of the molecule is CNC(=O)[C@@]1(C)CN(S(=O)(=O)c2ccccc2C)CCO1. The van der Waals surface area contributed by atoms with Gasteiger partial charge in [-0.15, -0.1) is 0 Å². The average molecular weight is 312 g/mol. The van der Waals surface area contributed by atoms with Crippen LogP contribution in [0.25, 0.3) is 0 Å². The first kappa shape index (κ1) is 15.9. The third-order valence-electron chi connectivity index (χ3n) is 3.66. The number of hydrogen-bond acceptors (Lipinski definition) is 4. The second-order valence-electron chi connectivity index (χ2n) is 5.26. The van der Waals surface area contributed by atoms with Gasteiger partial charge in [0.2, 0.25) is 10.0 Å². The highest BCUT2D eigenvalue weighted by Gasteiger charge is 2.42. The monoisotopic (exact) mass is 312 g/mol. The number of sulfonamides is 1. The minimum atomic E-state index is -3.63. The molecular formula is C14H20N2O4S. The van der Waals surface area contributed by atoms with Crippen molar-refractivity contribution in [3.8, 4) is 0 Å². The number of likely N-dealkylation sites (N-methyl/N-ethyl adjacent to an activating group) is 1. The summed E-state index contributed by atoms with van der Waals surface area (Å²) in [6, 6.07) is 6.82. The van der Waals surface area contributed by atoms with Crippen molar-refractivity contribution in [1.82, 2.24) is 9.62 Å². The van der Waals surface area contributed by atoms with Crippen LogP contribution < -0.4 is 5.32 Å². The number of carbonyl (C=O) groups is 1. The van der Waals surface area contributed by atoms with Crippen LogP contribution in [0.3, 0.4) is 0 Å². The highest BCUT2D eigenvalue weighted by atomic mass is 32.2. The summed E-state index contributed by atoms with van der Waals surface area (Å²) in [7, 11) is -2.13. The van der Waals surface area contributed by atoms with Gasteiger partial charge in [0.1, 0.15) is 0 Å². The molecule has 1 aliphatic heterocycles. The first-order valence-corrected chi connectivity index (χ1v) is 8.17. The first-order valence-electron chi connectivity index (χ1n) is 6.73. The normalized spacial score (nSPS) is 23.8. The van der Waals surface area contributed by atoms with Gasteiger partial charge in [-0.25, -0.2) is 8.42 Å². The number of carbonyl (C=O) groups excluding carboxylic acids is 1. The molecule has 0 saturated carbocycles. The van der Waals surface area contributed by atoms with Gasteiger partial charge >= 0.3 is 0 Å². The number of hydrogen-bond donors (Lipinski definition) is 1. The van der Waals surface area contributed by atoms with Crippen LogP contribution in [0.1, 0.15) is 12.5 Å². The van der Waals surface area contributed by atoms with Crippen molar-refractivity contribution in [1.29, 1.82) is 0 Å². The molecule has 0 aliphatic carbocycles. The molecule has 0 aromatic heterocycles. The highest BCUT2D eigenvalue weighted by molar-refractivity contribution is 7.89. The number of nitrogens with one attached hydrogen (secondary N) is 1. The molecule has 0 radical (unpaired) electrons. The first-order chi connectivity index (χ1) is 9.81. The van der Waals surface area contributed by atoms with Gasteiger partial charge in [-0.3, -0.25) is 4.79 Å². The average Bonchev–Trinajstić information content (AvgIpc) is 2.46. The van der Waals surface area contributed by atoms with Gasteiger partial charge in [0.05, 0.1) is 18.0 Å². The van der Waals surface area contributed by atoms with Crippen LogP contribution in [0.2, 0.25) is 0 Å². The third-order valence-corrected chi connectivity index (χ3v) is 5.66. The molecule has 1 N–H and O–H groups in total. The zero-order valence-electron chi connectivity index (χ0n) is 12.4. The van der Waals surface area contributed by atoms with E-state index in [-0.39, 0.29) is 30.5 Å². The fourth-order valence-corrected chi connectivity index (χ4v) is 4.16. The Morgan fingerprint density at radius 1 is 1.38 bits per heavy atom. The lowest BCUT2D eigenvalue weighted by Crippen LogP contribution is -2.58. The van der Waals surface area contributed by atoms with E-state index in [4.69, 9.17) is 4.74 Å². The van der Waals surface area contributed by atoms with Gasteiger partial charge in [0, 0.05) is 13.6 Å². The molecule has 1 aromatic carbocycles. The van der Waals surface area contributed by atoms with E-state index in [2.05, 4.69) is 5.32 Å². The predicted octanol–water partition coefficient (Wildman–Crippen LogP) is 0.521. The molecule has 0 spiro atoms. The van der Waals surface area contributed by atoms with Gasteiger partial charge in [-0.2, -0.15) is 4.31 Å². The summed E-state index contributed by atoms with van der Waals surface area (Å²) in [6.45, 7) is 3.79. The molecule has 1 heterocycles. The summed E-state index contributed by atoms with van der Waals surface area (Å²) >= 11 is 0. The minimum Gasteiger partial charge on any atom is -0.363 e. The van der Waals surface area contributed by atoms with Crippen molar-refractivity contribution < 1.29 is 17.9 Å². The molecule has 1 amide bonds. The van der Waals surface area contributed by atoms with Crippen molar-refractivity contribution in [3.63, 3.8) is 0 Å². The van der Waals surface area contributed by atoms with E-state index in [0.717, 1.165) is 0 Å². The number of ether oxygens (including phenoxy) is 1. The van der Waals surface area contributed by atoms with Gasteiger partial charge in [0.25, 0.3) is 5.91 Å². The van der Waals surface area contributed by atoms with Gasteiger partial charge < -0.3 is 10.1 Å². The molecule has 116 valence electrons. The van der Waals surface area contributed by atoms with Crippen LogP contribution in [0.4, 0.5) is 0 Å². The lowest BCUT2D eigenvalue weighted by Gasteiger charge is -2.38. The van der Waals surface area contributed by atoms with E-state index in [0.29, 0.717) is 5.56 Å². The fourth-order valence-electron chi connectivity index (χ4n) is 2.43. The van der Waals surface area contributed by atoms with Crippen LogP contribution >= 0.6 is 0 Å². The Labute approximate surface area is 125 Å². The maximum absolute atomic E-state index is 12.7. The van der Waals surface area contributed by atoms with E-state index in [1.54, 1.807) is 38.1 Å². The zero-order chi connectivity index (χ0) is 15.7. The summed E-state index contributed by atoms with van der Waals surface area (Å²) in [6.07, 6.45) is 0. The molecule has 1 aliphatic rings. The summed E-state index contributed by atoms with van der Waals surface area (Å²) < 4.78 is 32.3. The topological polar surface area (TPSA) is 75.7 Å². The van der Waals surface area contributed by atoms with Gasteiger partial charge in [-0.05, 0) is 25.5 Å². The van der Waals surface area contributed by atoms with Gasteiger partial charge in [0.15, 0.2) is 5.60 Å². The maximum atomic E-state index is 12.7. The van der Waals surface area contributed by atoms with Crippen LogP contribution in [0.5, 0.6) is 0 Å². The fraction of sp³-hybridized carbons (Fsp3) is 0.500. The Balaban J connectivity index is 2.33. The number of rotatable bonds is 3. The number of nitrogens with zero attached hydrogens (tertiary/aromatic N) is 1. The summed E-state index contributed by atoms with van der Waals surface area (Å²) in [5.74, 6) is -0.327. The van der Waals surface area contributed by atoms with Crippen molar-refractivity contribution in [2.45, 2.75) is 24.3 Å². The minimum absolute atomic E-state index is 0.00331. The lowest BCUT2D eigenvalue weighted by molar-refractivity contribution is -0.151. The molecule has 2 rings (SSSR count). The number of aryl methyl sites for hydroxylation is 1. The molecule has 0 bridgehead atoms. The predicted molar refractivity (Wildman–Crippen MR) is 78.4 cm³/mol. The highest BCUT2D eigenvalue weighted by Crippen LogP contribution is 2.25. The smallest absolute Gasteiger partial charge is 0.253 e. The summed E-state index contributed by atoms with van der Waals surface area (Å²) in [5.41, 5.74) is -0.478. The van der Waals surface area contributed by atoms with Gasteiger partial charge in [-0.1, -0.05) is 18.2 Å². The van der Waals surface area contributed by atoms with Crippen molar-refractivity contribution in [2.24, 2.45) is 0 Å². The Morgan fingerprint density at radius 2 is 2.05 bits per heavy atom. The van der Waals surface area contributed by atoms with Crippen molar-refractivity contribution >= 4 is 15.9 Å². The molecule has 21 heavy (non-hydrogen) atoms. The Hall–Kier alpha value is -1.44. The number of amides is 1. The number of benzene rings is 1. The maximum Gasteiger partial charge on any atom is 0.253 e. The Morgan fingerprint density at radius 3 is 2.67 bits per heavy atom. The molecule has 1 saturated heterocycles. The van der Waals surface area contributed by atoms with E-state index >= 15 is 0 Å². The second kappa shape index (κ2) is 5.75. The van der Waals surface area contributed by atoms with Crippen LogP contribution in [0, 0.1) is 6.92 Å². The van der Waals surface area contributed by atoms with E-state index in [1.807, 2.05) is 0 Å². The zero-order valence-corrected chi connectivity index (χ0v) is 13.2. The number of morpholine rings is 1. The standard InChI is InChI=1S/C14H20N2O4S/c1-11-6-4-5-7-12(11)21(18,19)16-8-9-20-14(2,10-16)13(17)15-3/h4-7H,8-10H2,1-3H3,(H,15,17)/t14-/m1/s1. The second-order valence-corrected chi connectivity index (χ2v) is 7.17. The Bertz CT molecular complexity index is 644. The van der Waals surface area contributed by atoms with E-state index < -0.39 is 15.6 Å². The summed E-state index contributed by atoms with van der Waals surface area (Å²) in [4.78, 5) is 12.2. The van der Waals surface area contributed by atoms with Crippen molar-refractivity contribution in [3.05, 3.63) is 29.8 Å². The van der Waals surface area contributed by atoms with Crippen LogP contribution in [0.15, 0.2) is 29.2 Å². The van der Waals surface area contributed by atoms with E-state index in [1.165, 1.54) is 11.4 Å². The summed E-state index contributed by atoms with van der Waals surface area (Å²) in [5, 5.41) is 2.51. The third kappa shape index (κ3) is 2.95. The van der Waals surface area contributed by atoms with Crippen LogP contribution in [-0.4, -0.2) is 51.0 Å². The molecule has 6 nitrogen and oxygen atoms in total. The lowest BCUT2D eigenvalue weighted by atomic mass is 10.0. The molecule has 1 aromatic rings. The molecule has 1 atom stereocenters.